The van der Waals surface area contributed by atoms with Gasteiger partial charge in [-0.3, -0.25) is 0 Å². The number of aliphatic hydroxyl groups is 1. The number of benzene rings is 1. The average Bonchev–Trinajstić information content (AvgIpc) is 2.45. The Morgan fingerprint density at radius 3 is 2.55 bits per heavy atom. The van der Waals surface area contributed by atoms with Crippen LogP contribution < -0.4 is 5.73 Å². The van der Waals surface area contributed by atoms with Crippen molar-refractivity contribution in [1.82, 2.24) is 0 Å². The fraction of sp³-hybridized carbons (Fsp3) is 0.600. The third-order valence-corrected chi connectivity index (χ3v) is 5.21. The van der Waals surface area contributed by atoms with Crippen molar-refractivity contribution >= 4 is 9.84 Å². The first-order valence-electron chi connectivity index (χ1n) is 7.16. The predicted octanol–water partition coefficient (Wildman–Crippen LogP) is 1.90. The molecule has 0 bridgehead atoms. The standard InChI is InChI=1S/C15H25NO3S/c1-3-6-14(16)15(17)10-9-12-7-5-8-13(11-12)20(18,19)4-2/h5,7-8,11,14-15,17H,3-4,6,9-10,16H2,1-2H3. The van der Waals surface area contributed by atoms with Gasteiger partial charge >= 0.3 is 0 Å². The largest absolute Gasteiger partial charge is 0.392 e. The van der Waals surface area contributed by atoms with Crippen LogP contribution in [0.3, 0.4) is 0 Å². The maximum absolute atomic E-state index is 11.8. The molecule has 4 nitrogen and oxygen atoms in total. The molecule has 5 heteroatoms. The molecule has 1 aromatic carbocycles. The van der Waals surface area contributed by atoms with E-state index in [-0.39, 0.29) is 11.8 Å². The Labute approximate surface area is 121 Å². The molecule has 1 aromatic rings. The maximum atomic E-state index is 11.8. The third kappa shape index (κ3) is 4.89. The van der Waals surface area contributed by atoms with Gasteiger partial charge in [-0.15, -0.1) is 0 Å². The Bertz CT molecular complexity index is 514. The van der Waals surface area contributed by atoms with Gasteiger partial charge in [-0.1, -0.05) is 32.4 Å². The van der Waals surface area contributed by atoms with Gasteiger partial charge in [0.25, 0.3) is 0 Å². The van der Waals surface area contributed by atoms with Gasteiger partial charge in [-0.05, 0) is 37.0 Å². The van der Waals surface area contributed by atoms with Gasteiger partial charge in [-0.25, -0.2) is 8.42 Å². The molecule has 0 aliphatic carbocycles. The van der Waals surface area contributed by atoms with Crippen molar-refractivity contribution in [3.8, 4) is 0 Å². The van der Waals surface area contributed by atoms with E-state index in [1.54, 1.807) is 25.1 Å². The zero-order valence-electron chi connectivity index (χ0n) is 12.2. The van der Waals surface area contributed by atoms with Crippen molar-refractivity contribution in [2.45, 2.75) is 56.6 Å². The molecule has 114 valence electrons. The summed E-state index contributed by atoms with van der Waals surface area (Å²) in [4.78, 5) is 0.352. The molecule has 0 heterocycles. The molecule has 1 rings (SSSR count). The lowest BCUT2D eigenvalue weighted by atomic mass is 10.00. The number of aryl methyl sites for hydroxylation is 1. The highest BCUT2D eigenvalue weighted by atomic mass is 32.2. The molecule has 0 aromatic heterocycles. The molecule has 3 N–H and O–H groups in total. The van der Waals surface area contributed by atoms with E-state index in [9.17, 15) is 13.5 Å². The molecule has 0 radical (unpaired) electrons. The summed E-state index contributed by atoms with van der Waals surface area (Å²) in [6, 6.07) is 6.73. The van der Waals surface area contributed by atoms with E-state index in [4.69, 9.17) is 5.73 Å². The molecular weight excluding hydrogens is 274 g/mol. The van der Waals surface area contributed by atoms with E-state index < -0.39 is 15.9 Å². The highest BCUT2D eigenvalue weighted by Gasteiger charge is 2.15. The zero-order valence-corrected chi connectivity index (χ0v) is 13.1. The Morgan fingerprint density at radius 1 is 1.25 bits per heavy atom. The topological polar surface area (TPSA) is 80.4 Å². The number of sulfone groups is 1. The van der Waals surface area contributed by atoms with Crippen molar-refractivity contribution in [1.29, 1.82) is 0 Å². The number of aliphatic hydroxyl groups excluding tert-OH is 1. The van der Waals surface area contributed by atoms with E-state index in [2.05, 4.69) is 0 Å². The molecule has 0 saturated carbocycles. The normalized spacial score (nSPS) is 15.0. The second kappa shape index (κ2) is 7.76. The highest BCUT2D eigenvalue weighted by Crippen LogP contribution is 2.16. The van der Waals surface area contributed by atoms with Gasteiger partial charge in [0.2, 0.25) is 0 Å². The summed E-state index contributed by atoms with van der Waals surface area (Å²) in [6.07, 6.45) is 2.39. The van der Waals surface area contributed by atoms with Crippen LogP contribution in [0.5, 0.6) is 0 Å². The number of nitrogens with two attached hydrogens (primary N) is 1. The Morgan fingerprint density at radius 2 is 1.95 bits per heavy atom. The molecule has 0 aliphatic heterocycles. The van der Waals surface area contributed by atoms with Crippen LogP contribution in [-0.2, 0) is 16.3 Å². The van der Waals surface area contributed by atoms with E-state index in [0.717, 1.165) is 18.4 Å². The van der Waals surface area contributed by atoms with Crippen LogP contribution in [0.25, 0.3) is 0 Å². The molecule has 0 saturated heterocycles. The lowest BCUT2D eigenvalue weighted by Gasteiger charge is -2.18. The SMILES string of the molecule is CCCC(N)C(O)CCc1cccc(S(=O)(=O)CC)c1. The van der Waals surface area contributed by atoms with Crippen molar-refractivity contribution < 1.29 is 13.5 Å². The van der Waals surface area contributed by atoms with E-state index in [1.807, 2.05) is 13.0 Å². The molecule has 2 unspecified atom stereocenters. The average molecular weight is 299 g/mol. The molecule has 0 spiro atoms. The summed E-state index contributed by atoms with van der Waals surface area (Å²) in [6.45, 7) is 3.67. The lowest BCUT2D eigenvalue weighted by Crippen LogP contribution is -2.34. The monoisotopic (exact) mass is 299 g/mol. The Balaban J connectivity index is 2.68. The summed E-state index contributed by atoms with van der Waals surface area (Å²) in [7, 11) is -3.17. The fourth-order valence-electron chi connectivity index (χ4n) is 2.12. The van der Waals surface area contributed by atoms with Crippen LogP contribution in [0.4, 0.5) is 0 Å². The first kappa shape index (κ1) is 17.1. The molecule has 0 amide bonds. The van der Waals surface area contributed by atoms with Gasteiger partial charge in [-0.2, -0.15) is 0 Å². The van der Waals surface area contributed by atoms with E-state index in [0.29, 0.717) is 17.7 Å². The first-order valence-corrected chi connectivity index (χ1v) is 8.81. The number of rotatable bonds is 8. The van der Waals surface area contributed by atoms with Crippen LogP contribution in [0, 0.1) is 0 Å². The fourth-order valence-corrected chi connectivity index (χ4v) is 3.07. The van der Waals surface area contributed by atoms with Crippen molar-refractivity contribution in [2.24, 2.45) is 5.73 Å². The van der Waals surface area contributed by atoms with Crippen LogP contribution in [0.15, 0.2) is 29.2 Å². The van der Waals surface area contributed by atoms with E-state index in [1.165, 1.54) is 0 Å². The summed E-state index contributed by atoms with van der Waals surface area (Å²) in [5, 5.41) is 9.94. The third-order valence-electron chi connectivity index (χ3n) is 3.48. The molecule has 0 aliphatic rings. The van der Waals surface area contributed by atoms with Crippen LogP contribution in [0.1, 0.15) is 38.7 Å². The van der Waals surface area contributed by atoms with Crippen LogP contribution in [-0.4, -0.2) is 31.4 Å². The quantitative estimate of drug-likeness (QED) is 0.768. The van der Waals surface area contributed by atoms with Gasteiger partial charge in [0.15, 0.2) is 9.84 Å². The highest BCUT2D eigenvalue weighted by molar-refractivity contribution is 7.91. The predicted molar refractivity (Wildman–Crippen MR) is 81.4 cm³/mol. The molecular formula is C15H25NO3S. The second-order valence-corrected chi connectivity index (χ2v) is 7.39. The van der Waals surface area contributed by atoms with Gasteiger partial charge < -0.3 is 10.8 Å². The minimum absolute atomic E-state index is 0.0977. The van der Waals surface area contributed by atoms with Gasteiger partial charge in [0.1, 0.15) is 0 Å². The number of hydrogen-bond donors (Lipinski definition) is 2. The summed E-state index contributed by atoms with van der Waals surface area (Å²) in [5.74, 6) is 0.0977. The molecule has 2 atom stereocenters. The maximum Gasteiger partial charge on any atom is 0.178 e. The minimum Gasteiger partial charge on any atom is -0.392 e. The smallest absolute Gasteiger partial charge is 0.178 e. The van der Waals surface area contributed by atoms with Gasteiger partial charge in [0.05, 0.1) is 16.8 Å². The summed E-state index contributed by atoms with van der Waals surface area (Å²) >= 11 is 0. The van der Waals surface area contributed by atoms with E-state index >= 15 is 0 Å². The zero-order chi connectivity index (χ0) is 15.2. The van der Waals surface area contributed by atoms with Gasteiger partial charge in [0, 0.05) is 6.04 Å². The summed E-state index contributed by atoms with van der Waals surface area (Å²) < 4.78 is 23.6. The van der Waals surface area contributed by atoms with Crippen molar-refractivity contribution in [2.75, 3.05) is 5.75 Å². The minimum atomic E-state index is -3.17. The number of hydrogen-bond acceptors (Lipinski definition) is 4. The van der Waals surface area contributed by atoms with Crippen molar-refractivity contribution in [3.05, 3.63) is 29.8 Å². The Kier molecular flexibility index (Phi) is 6.65. The Hall–Kier alpha value is -0.910. The first-order chi connectivity index (χ1) is 9.40. The van der Waals surface area contributed by atoms with Crippen molar-refractivity contribution in [3.63, 3.8) is 0 Å². The molecule has 0 fully saturated rings. The lowest BCUT2D eigenvalue weighted by molar-refractivity contribution is 0.131. The van der Waals surface area contributed by atoms with Crippen LogP contribution in [0.2, 0.25) is 0 Å². The molecule has 20 heavy (non-hydrogen) atoms. The van der Waals surface area contributed by atoms with Crippen LogP contribution >= 0.6 is 0 Å². The second-order valence-electron chi connectivity index (χ2n) is 5.11. The summed E-state index contributed by atoms with van der Waals surface area (Å²) in [5.41, 5.74) is 6.79.